The zero-order valence-corrected chi connectivity index (χ0v) is 19.7. The van der Waals surface area contributed by atoms with Gasteiger partial charge < -0.3 is 19.7 Å². The minimum atomic E-state index is -0.0730. The monoisotopic (exact) mass is 453 g/mol. The normalized spacial score (nSPS) is 15.6. The van der Waals surface area contributed by atoms with Crippen LogP contribution in [0.5, 0.6) is 11.5 Å². The lowest BCUT2D eigenvalue weighted by Gasteiger charge is -2.26. The summed E-state index contributed by atoms with van der Waals surface area (Å²) in [7, 11) is 1.79. The number of carbonyl (C=O) groups excluding carboxylic acids is 2. The molecule has 1 heterocycles. The fourth-order valence-electron chi connectivity index (χ4n) is 3.85. The lowest BCUT2D eigenvalue weighted by molar-refractivity contribution is -0.132. The summed E-state index contributed by atoms with van der Waals surface area (Å²) in [6.07, 6.45) is 2.77. The van der Waals surface area contributed by atoms with Gasteiger partial charge >= 0.3 is 0 Å². The summed E-state index contributed by atoms with van der Waals surface area (Å²) in [6.45, 7) is 4.90. The highest BCUT2D eigenvalue weighted by molar-refractivity contribution is 5.81. The van der Waals surface area contributed by atoms with Crippen molar-refractivity contribution in [1.82, 2.24) is 15.1 Å². The highest BCUT2D eigenvalue weighted by Gasteiger charge is 2.21. The second-order valence-electron chi connectivity index (χ2n) is 8.32. The minimum absolute atomic E-state index is 0.0422. The molecular formula is C26H35N3O4. The van der Waals surface area contributed by atoms with Crippen LogP contribution < -0.4 is 14.8 Å². The van der Waals surface area contributed by atoms with E-state index in [1.165, 1.54) is 0 Å². The first-order chi connectivity index (χ1) is 16.1. The standard InChI is InChI=1S/C26H35N3O4/c1-3-32-23-14-10-13-22-18-29(19-24(30)27-15-8-5-9-16-33-26(22)23)20-25(31)28(2)17-21-11-6-4-7-12-21/h4,6-7,10-14H,3,5,8-9,15-20H2,1-2H3,(H,27,30). The number of rotatable bonds is 6. The van der Waals surface area contributed by atoms with E-state index >= 15 is 0 Å². The van der Waals surface area contributed by atoms with Crippen molar-refractivity contribution in [2.45, 2.75) is 39.3 Å². The van der Waals surface area contributed by atoms with Gasteiger partial charge in [0.1, 0.15) is 0 Å². The van der Waals surface area contributed by atoms with E-state index in [9.17, 15) is 9.59 Å². The Hall–Kier alpha value is -3.06. The van der Waals surface area contributed by atoms with Gasteiger partial charge in [0.2, 0.25) is 11.8 Å². The predicted octanol–water partition coefficient (Wildman–Crippen LogP) is 3.22. The maximum absolute atomic E-state index is 13.0. The number of amides is 2. The molecule has 0 atom stereocenters. The van der Waals surface area contributed by atoms with Crippen molar-refractivity contribution in [3.8, 4) is 11.5 Å². The molecule has 7 heteroatoms. The van der Waals surface area contributed by atoms with Gasteiger partial charge in [-0.1, -0.05) is 42.5 Å². The Morgan fingerprint density at radius 2 is 1.91 bits per heavy atom. The highest BCUT2D eigenvalue weighted by atomic mass is 16.5. The van der Waals surface area contributed by atoms with Crippen LogP contribution in [0.15, 0.2) is 48.5 Å². The van der Waals surface area contributed by atoms with Gasteiger partial charge in [-0.25, -0.2) is 0 Å². The van der Waals surface area contributed by atoms with E-state index in [4.69, 9.17) is 9.47 Å². The van der Waals surface area contributed by atoms with E-state index < -0.39 is 0 Å². The Kier molecular flexibility index (Phi) is 9.57. The molecule has 0 unspecified atom stereocenters. The maximum atomic E-state index is 13.0. The second kappa shape index (κ2) is 12.8. The van der Waals surface area contributed by atoms with Gasteiger partial charge in [-0.15, -0.1) is 0 Å². The third-order valence-corrected chi connectivity index (χ3v) is 5.56. The first-order valence-electron chi connectivity index (χ1n) is 11.7. The quantitative estimate of drug-likeness (QED) is 0.727. The van der Waals surface area contributed by atoms with Crippen molar-refractivity contribution >= 4 is 11.8 Å². The van der Waals surface area contributed by atoms with Gasteiger partial charge in [0, 0.05) is 32.2 Å². The molecule has 7 nitrogen and oxygen atoms in total. The van der Waals surface area contributed by atoms with E-state index in [-0.39, 0.29) is 24.9 Å². The van der Waals surface area contributed by atoms with Crippen LogP contribution in [-0.4, -0.2) is 61.5 Å². The van der Waals surface area contributed by atoms with Crippen molar-refractivity contribution in [2.24, 2.45) is 0 Å². The molecule has 1 aliphatic rings. The highest BCUT2D eigenvalue weighted by Crippen LogP contribution is 2.32. The Labute approximate surface area is 196 Å². The Morgan fingerprint density at radius 1 is 1.09 bits per heavy atom. The Balaban J connectivity index is 1.79. The molecule has 1 N–H and O–H groups in total. The summed E-state index contributed by atoms with van der Waals surface area (Å²) >= 11 is 0. The average Bonchev–Trinajstić information content (AvgIpc) is 2.81. The summed E-state index contributed by atoms with van der Waals surface area (Å²) in [5, 5.41) is 2.98. The largest absolute Gasteiger partial charge is 0.490 e. The van der Waals surface area contributed by atoms with Crippen molar-refractivity contribution in [3.05, 3.63) is 59.7 Å². The smallest absolute Gasteiger partial charge is 0.236 e. The molecule has 0 saturated heterocycles. The summed E-state index contributed by atoms with van der Waals surface area (Å²) in [6, 6.07) is 15.7. The number of carbonyl (C=O) groups is 2. The molecule has 1 aliphatic heterocycles. The van der Waals surface area contributed by atoms with E-state index in [0.29, 0.717) is 44.3 Å². The third kappa shape index (κ3) is 7.79. The lowest BCUT2D eigenvalue weighted by atomic mass is 10.1. The average molecular weight is 454 g/mol. The first-order valence-corrected chi connectivity index (χ1v) is 11.7. The number of nitrogens with one attached hydrogen (secondary N) is 1. The summed E-state index contributed by atoms with van der Waals surface area (Å²) < 4.78 is 11.9. The summed E-state index contributed by atoms with van der Waals surface area (Å²) in [4.78, 5) is 29.2. The molecular weight excluding hydrogens is 418 g/mol. The van der Waals surface area contributed by atoms with Crippen LogP contribution in [0.3, 0.4) is 0 Å². The molecule has 0 aromatic heterocycles. The van der Waals surface area contributed by atoms with E-state index in [0.717, 1.165) is 30.4 Å². The fourth-order valence-corrected chi connectivity index (χ4v) is 3.85. The summed E-state index contributed by atoms with van der Waals surface area (Å²) in [5.74, 6) is 1.28. The van der Waals surface area contributed by atoms with Crippen molar-refractivity contribution in [3.63, 3.8) is 0 Å². The van der Waals surface area contributed by atoms with Crippen LogP contribution >= 0.6 is 0 Å². The second-order valence-corrected chi connectivity index (χ2v) is 8.32. The summed E-state index contributed by atoms with van der Waals surface area (Å²) in [5.41, 5.74) is 1.97. The number of ether oxygens (including phenoxy) is 2. The van der Waals surface area contributed by atoms with Crippen LogP contribution in [-0.2, 0) is 22.7 Å². The van der Waals surface area contributed by atoms with Crippen LogP contribution in [0.25, 0.3) is 0 Å². The van der Waals surface area contributed by atoms with E-state index in [1.807, 2.05) is 60.4 Å². The molecule has 0 spiro atoms. The number of benzene rings is 2. The maximum Gasteiger partial charge on any atom is 0.236 e. The van der Waals surface area contributed by atoms with Gasteiger partial charge in [-0.05, 0) is 37.8 Å². The van der Waals surface area contributed by atoms with Gasteiger partial charge in [0.15, 0.2) is 11.5 Å². The molecule has 178 valence electrons. The van der Waals surface area contributed by atoms with Gasteiger partial charge in [-0.3, -0.25) is 14.5 Å². The SMILES string of the molecule is CCOc1cccc2c1OCCCCCNC(=O)CN(CC(=O)N(C)Cc1ccccc1)C2. The number of para-hydroxylation sites is 1. The molecule has 3 rings (SSSR count). The number of nitrogens with zero attached hydrogens (tertiary/aromatic N) is 2. The number of hydrogen-bond acceptors (Lipinski definition) is 5. The van der Waals surface area contributed by atoms with Crippen molar-refractivity contribution in [1.29, 1.82) is 0 Å². The molecule has 33 heavy (non-hydrogen) atoms. The van der Waals surface area contributed by atoms with Crippen LogP contribution in [0.1, 0.15) is 37.3 Å². The molecule has 2 aromatic carbocycles. The predicted molar refractivity (Wildman–Crippen MR) is 128 cm³/mol. The van der Waals surface area contributed by atoms with E-state index in [1.54, 1.807) is 11.9 Å². The minimum Gasteiger partial charge on any atom is -0.490 e. The molecule has 0 aliphatic carbocycles. The molecule has 2 aromatic rings. The molecule has 2 amide bonds. The van der Waals surface area contributed by atoms with Crippen LogP contribution in [0.2, 0.25) is 0 Å². The lowest BCUT2D eigenvalue weighted by Crippen LogP contribution is -2.43. The zero-order valence-electron chi connectivity index (χ0n) is 19.7. The van der Waals surface area contributed by atoms with Gasteiger partial charge in [0.25, 0.3) is 0 Å². The van der Waals surface area contributed by atoms with Crippen molar-refractivity contribution in [2.75, 3.05) is 39.9 Å². The van der Waals surface area contributed by atoms with Crippen LogP contribution in [0, 0.1) is 0 Å². The van der Waals surface area contributed by atoms with Crippen molar-refractivity contribution < 1.29 is 19.1 Å². The molecule has 0 saturated carbocycles. The van der Waals surface area contributed by atoms with E-state index in [2.05, 4.69) is 5.32 Å². The number of likely N-dealkylation sites (N-methyl/N-ethyl adjacent to an activating group) is 1. The van der Waals surface area contributed by atoms with Crippen LogP contribution in [0.4, 0.5) is 0 Å². The number of hydrogen-bond donors (Lipinski definition) is 1. The molecule has 0 bridgehead atoms. The number of fused-ring (bicyclic) bond motifs is 1. The first kappa shape index (κ1) is 24.6. The van der Waals surface area contributed by atoms with Gasteiger partial charge in [-0.2, -0.15) is 0 Å². The van der Waals surface area contributed by atoms with Gasteiger partial charge in [0.05, 0.1) is 26.3 Å². The zero-order chi connectivity index (χ0) is 23.5. The third-order valence-electron chi connectivity index (χ3n) is 5.56. The molecule has 0 fully saturated rings. The topological polar surface area (TPSA) is 71.1 Å². The Bertz CT molecular complexity index is 904. The Morgan fingerprint density at radius 3 is 2.70 bits per heavy atom. The fraction of sp³-hybridized carbons (Fsp3) is 0.462. The molecule has 0 radical (unpaired) electrons.